The average molecular weight is 257 g/mol. The molecule has 17 heavy (non-hydrogen) atoms. The molecule has 1 heterocycles. The summed E-state index contributed by atoms with van der Waals surface area (Å²) in [5.74, 6) is -0.208. The Morgan fingerprint density at radius 1 is 1.59 bits per heavy atom. The lowest BCUT2D eigenvalue weighted by molar-refractivity contribution is 0.0603. The van der Waals surface area contributed by atoms with Gasteiger partial charge in [-0.3, -0.25) is 0 Å². The predicted molar refractivity (Wildman–Crippen MR) is 70.5 cm³/mol. The maximum atomic E-state index is 11.6. The molecule has 0 saturated carbocycles. The Kier molecular flexibility index (Phi) is 5.21. The largest absolute Gasteiger partial charge is 0.465 e. The van der Waals surface area contributed by atoms with E-state index >= 15 is 0 Å². The van der Waals surface area contributed by atoms with Crippen LogP contribution in [0.1, 0.15) is 43.5 Å². The van der Waals surface area contributed by atoms with Gasteiger partial charge in [-0.15, -0.1) is 0 Å². The molecule has 0 spiro atoms. The second-order valence-corrected chi connectivity index (χ2v) is 4.58. The summed E-state index contributed by atoms with van der Waals surface area (Å²) in [6.07, 6.45) is 3.13. The molecular formula is C11H19N3O2S. The number of esters is 1. The quantitative estimate of drug-likeness (QED) is 0.766. The van der Waals surface area contributed by atoms with E-state index in [0.29, 0.717) is 16.6 Å². The van der Waals surface area contributed by atoms with Crippen LogP contribution in [0.2, 0.25) is 0 Å². The maximum Gasteiger partial charge on any atom is 0.344 e. The average Bonchev–Trinajstić information content (AvgIpc) is 2.69. The first kappa shape index (κ1) is 13.8. The summed E-state index contributed by atoms with van der Waals surface area (Å²) in [5.41, 5.74) is 6.02. The number of ether oxygens (including phenoxy) is 1. The molecule has 0 fully saturated rings. The maximum absolute atomic E-state index is 11.6. The third-order valence-corrected chi connectivity index (χ3v) is 3.37. The van der Waals surface area contributed by atoms with Crippen LogP contribution in [0.15, 0.2) is 0 Å². The topological polar surface area (TPSA) is 77.2 Å². The van der Waals surface area contributed by atoms with Gasteiger partial charge in [0, 0.05) is 6.04 Å². The Morgan fingerprint density at radius 3 is 2.82 bits per heavy atom. The van der Waals surface area contributed by atoms with Crippen LogP contribution in [0, 0.1) is 0 Å². The van der Waals surface area contributed by atoms with Gasteiger partial charge in [0.1, 0.15) is 10.6 Å². The van der Waals surface area contributed by atoms with Gasteiger partial charge >= 0.3 is 5.97 Å². The van der Waals surface area contributed by atoms with Gasteiger partial charge < -0.3 is 15.8 Å². The van der Waals surface area contributed by atoms with Crippen molar-refractivity contribution in [3.63, 3.8) is 0 Å². The van der Waals surface area contributed by atoms with Crippen molar-refractivity contribution in [1.29, 1.82) is 0 Å². The highest BCUT2D eigenvalue weighted by atomic mass is 32.1. The lowest BCUT2D eigenvalue weighted by Gasteiger charge is -2.16. The second kappa shape index (κ2) is 6.44. The number of nitrogens with one attached hydrogen (secondary N) is 1. The van der Waals surface area contributed by atoms with Crippen molar-refractivity contribution >= 4 is 28.3 Å². The molecule has 0 amide bonds. The van der Waals surface area contributed by atoms with Gasteiger partial charge in [-0.05, 0) is 24.4 Å². The van der Waals surface area contributed by atoms with Gasteiger partial charge in [0.25, 0.3) is 0 Å². The highest BCUT2D eigenvalue weighted by Gasteiger charge is 2.21. The van der Waals surface area contributed by atoms with Crippen molar-refractivity contribution in [2.24, 2.45) is 0 Å². The van der Waals surface area contributed by atoms with Crippen LogP contribution in [0.4, 0.5) is 10.8 Å². The van der Waals surface area contributed by atoms with E-state index < -0.39 is 5.97 Å². The molecule has 1 rings (SSSR count). The van der Waals surface area contributed by atoms with Gasteiger partial charge in [-0.1, -0.05) is 20.3 Å². The number of hydrogen-bond donors (Lipinski definition) is 2. The Bertz CT molecular complexity index is 379. The third kappa shape index (κ3) is 3.33. The summed E-state index contributed by atoms with van der Waals surface area (Å²) in [5, 5.41) is 4.01. The van der Waals surface area contributed by atoms with Crippen LogP contribution in [0.25, 0.3) is 0 Å². The second-order valence-electron chi connectivity index (χ2n) is 3.80. The van der Waals surface area contributed by atoms with Crippen LogP contribution in [-0.2, 0) is 4.74 Å². The summed E-state index contributed by atoms with van der Waals surface area (Å²) in [6.45, 7) is 4.24. The molecule has 6 heteroatoms. The molecule has 1 unspecified atom stereocenters. The molecule has 0 bridgehead atoms. The highest BCUT2D eigenvalue weighted by molar-refractivity contribution is 7.11. The van der Waals surface area contributed by atoms with E-state index in [2.05, 4.69) is 23.5 Å². The Hall–Kier alpha value is -1.30. The fourth-order valence-corrected chi connectivity index (χ4v) is 2.39. The summed E-state index contributed by atoms with van der Waals surface area (Å²) in [6, 6.07) is 0.336. The zero-order chi connectivity index (χ0) is 12.8. The molecule has 0 aliphatic rings. The molecule has 5 nitrogen and oxygen atoms in total. The Balaban J connectivity index is 2.87. The molecule has 1 atom stereocenters. The number of hydrogen-bond acceptors (Lipinski definition) is 6. The minimum absolute atomic E-state index is 0.232. The molecule has 0 aromatic carbocycles. The summed E-state index contributed by atoms with van der Waals surface area (Å²) >= 11 is 1.20. The molecule has 0 aliphatic carbocycles. The van der Waals surface area contributed by atoms with Crippen molar-refractivity contribution in [1.82, 2.24) is 4.37 Å². The van der Waals surface area contributed by atoms with Crippen molar-refractivity contribution in [3.8, 4) is 0 Å². The van der Waals surface area contributed by atoms with E-state index in [4.69, 9.17) is 10.5 Å². The first-order valence-corrected chi connectivity index (χ1v) is 6.51. The van der Waals surface area contributed by atoms with Gasteiger partial charge in [0.05, 0.1) is 7.11 Å². The standard InChI is InChI=1S/C11H19N3O2S/c1-4-6-7(5-2)13-10-8(11(15)16-3)9(12)14-17-10/h7,13H,4-6H2,1-3H3,(H2,12,14). The van der Waals surface area contributed by atoms with E-state index in [1.54, 1.807) is 0 Å². The van der Waals surface area contributed by atoms with E-state index in [1.165, 1.54) is 18.6 Å². The SMILES string of the molecule is CCCC(CC)Nc1snc(N)c1C(=O)OC. The van der Waals surface area contributed by atoms with Crippen LogP contribution in [0.5, 0.6) is 0 Å². The fraction of sp³-hybridized carbons (Fsp3) is 0.636. The highest BCUT2D eigenvalue weighted by Crippen LogP contribution is 2.28. The third-order valence-electron chi connectivity index (χ3n) is 2.57. The lowest BCUT2D eigenvalue weighted by Crippen LogP contribution is -2.19. The number of nitrogen functional groups attached to an aromatic ring is 1. The number of methoxy groups -OCH3 is 1. The summed E-state index contributed by atoms with van der Waals surface area (Å²) < 4.78 is 8.69. The molecular weight excluding hydrogens is 238 g/mol. The van der Waals surface area contributed by atoms with E-state index in [9.17, 15) is 4.79 Å². The normalized spacial score (nSPS) is 12.2. The van der Waals surface area contributed by atoms with Crippen molar-refractivity contribution in [2.45, 2.75) is 39.2 Å². The molecule has 0 saturated heterocycles. The van der Waals surface area contributed by atoms with Crippen LogP contribution in [0.3, 0.4) is 0 Å². The number of aromatic nitrogens is 1. The summed E-state index contributed by atoms with van der Waals surface area (Å²) in [7, 11) is 1.34. The zero-order valence-electron chi connectivity index (χ0n) is 10.4. The molecule has 0 aliphatic heterocycles. The first-order chi connectivity index (χ1) is 8.13. The van der Waals surface area contributed by atoms with Crippen molar-refractivity contribution in [3.05, 3.63) is 5.56 Å². The monoisotopic (exact) mass is 257 g/mol. The molecule has 0 radical (unpaired) electrons. The van der Waals surface area contributed by atoms with Gasteiger partial charge in [0.2, 0.25) is 0 Å². The minimum atomic E-state index is -0.440. The fourth-order valence-electron chi connectivity index (χ4n) is 1.61. The number of carbonyl (C=O) groups excluding carboxylic acids is 1. The number of rotatable bonds is 6. The van der Waals surface area contributed by atoms with E-state index in [0.717, 1.165) is 19.3 Å². The Labute approximate surface area is 106 Å². The smallest absolute Gasteiger partial charge is 0.344 e. The first-order valence-electron chi connectivity index (χ1n) is 5.73. The van der Waals surface area contributed by atoms with Crippen LogP contribution < -0.4 is 11.1 Å². The van der Waals surface area contributed by atoms with Gasteiger partial charge in [-0.25, -0.2) is 4.79 Å². The van der Waals surface area contributed by atoms with Gasteiger partial charge in [0.15, 0.2) is 5.82 Å². The number of nitrogens with zero attached hydrogens (tertiary/aromatic N) is 1. The molecule has 1 aromatic rings. The molecule has 1 aromatic heterocycles. The molecule has 3 N–H and O–H groups in total. The number of anilines is 2. The number of carbonyl (C=O) groups is 1. The van der Waals surface area contributed by atoms with Crippen molar-refractivity contribution in [2.75, 3.05) is 18.2 Å². The van der Waals surface area contributed by atoms with E-state index in [-0.39, 0.29) is 5.82 Å². The predicted octanol–water partition coefficient (Wildman–Crippen LogP) is 2.50. The lowest BCUT2D eigenvalue weighted by atomic mass is 10.1. The summed E-state index contributed by atoms with van der Waals surface area (Å²) in [4.78, 5) is 11.6. The number of nitrogens with two attached hydrogens (primary N) is 1. The zero-order valence-corrected chi connectivity index (χ0v) is 11.3. The van der Waals surface area contributed by atoms with E-state index in [1.807, 2.05) is 0 Å². The molecule has 96 valence electrons. The van der Waals surface area contributed by atoms with Gasteiger partial charge in [-0.2, -0.15) is 4.37 Å². The van der Waals surface area contributed by atoms with Crippen molar-refractivity contribution < 1.29 is 9.53 Å². The van der Waals surface area contributed by atoms with Crippen LogP contribution in [-0.4, -0.2) is 23.5 Å². The minimum Gasteiger partial charge on any atom is -0.465 e. The Morgan fingerprint density at radius 2 is 2.29 bits per heavy atom. The van der Waals surface area contributed by atoms with Crippen LogP contribution >= 0.6 is 11.5 Å².